The summed E-state index contributed by atoms with van der Waals surface area (Å²) in [6, 6.07) is 1.30. The van der Waals surface area contributed by atoms with Crippen LogP contribution in [0, 0.1) is 5.92 Å². The number of likely N-dealkylation sites (tertiary alicyclic amines) is 1. The lowest BCUT2D eigenvalue weighted by molar-refractivity contribution is -0.135. The Balaban J connectivity index is 1.76. The molecule has 154 valence electrons. The first-order valence-corrected chi connectivity index (χ1v) is 9.73. The second-order valence-electron chi connectivity index (χ2n) is 7.80. The topological polar surface area (TPSA) is 96.2 Å². The number of piperidine rings is 1. The number of carbonyl (C=O) groups is 3. The maximum atomic E-state index is 13.3. The van der Waals surface area contributed by atoms with Crippen LogP contribution in [0.5, 0.6) is 0 Å². The minimum atomic E-state index is -0.866. The Morgan fingerprint density at radius 2 is 2.04 bits per heavy atom. The molecular formula is C19H28N4O5. The largest absolute Gasteiger partial charge is 0.385 e. The van der Waals surface area contributed by atoms with Gasteiger partial charge in [-0.1, -0.05) is 19.0 Å². The molecule has 0 unspecified atom stereocenters. The summed E-state index contributed by atoms with van der Waals surface area (Å²) < 4.78 is 9.81. The van der Waals surface area contributed by atoms with Gasteiger partial charge in [0.1, 0.15) is 11.8 Å². The highest BCUT2D eigenvalue weighted by molar-refractivity contribution is 6.07. The Morgan fingerprint density at radius 1 is 1.32 bits per heavy atom. The monoisotopic (exact) mass is 392 g/mol. The SMILES string of the molecule is COCCCN1C(=O)N(CC(C)C)C2(CCN(C(=O)c3ccon3)CC2)C1=O. The molecule has 0 atom stereocenters. The van der Waals surface area contributed by atoms with Crippen molar-refractivity contribution in [3.8, 4) is 0 Å². The normalized spacial score (nSPS) is 19.4. The van der Waals surface area contributed by atoms with Gasteiger partial charge in [0.2, 0.25) is 0 Å². The van der Waals surface area contributed by atoms with E-state index in [1.165, 1.54) is 17.2 Å². The second kappa shape index (κ2) is 8.30. The minimum Gasteiger partial charge on any atom is -0.385 e. The van der Waals surface area contributed by atoms with Crippen LogP contribution >= 0.6 is 0 Å². The van der Waals surface area contributed by atoms with E-state index in [-0.39, 0.29) is 29.5 Å². The number of methoxy groups -OCH3 is 1. The number of amides is 4. The highest BCUT2D eigenvalue weighted by Gasteiger charge is 2.58. The maximum absolute atomic E-state index is 13.3. The van der Waals surface area contributed by atoms with Crippen molar-refractivity contribution in [3.05, 3.63) is 18.0 Å². The molecule has 0 bridgehead atoms. The molecule has 2 saturated heterocycles. The van der Waals surface area contributed by atoms with E-state index in [4.69, 9.17) is 9.26 Å². The summed E-state index contributed by atoms with van der Waals surface area (Å²) >= 11 is 0. The van der Waals surface area contributed by atoms with Gasteiger partial charge in [0.15, 0.2) is 5.69 Å². The van der Waals surface area contributed by atoms with Gasteiger partial charge >= 0.3 is 6.03 Å². The molecule has 9 nitrogen and oxygen atoms in total. The molecule has 3 heterocycles. The van der Waals surface area contributed by atoms with Gasteiger partial charge in [0, 0.05) is 46.0 Å². The van der Waals surface area contributed by atoms with E-state index in [1.54, 1.807) is 16.9 Å². The molecule has 1 spiro atoms. The predicted octanol–water partition coefficient (Wildman–Crippen LogP) is 1.61. The Morgan fingerprint density at radius 3 is 2.61 bits per heavy atom. The van der Waals surface area contributed by atoms with Gasteiger partial charge in [0.05, 0.1) is 0 Å². The van der Waals surface area contributed by atoms with Gasteiger partial charge in [-0.05, 0) is 25.2 Å². The Hall–Kier alpha value is -2.42. The van der Waals surface area contributed by atoms with E-state index >= 15 is 0 Å². The Labute approximate surface area is 164 Å². The van der Waals surface area contributed by atoms with Gasteiger partial charge < -0.3 is 19.1 Å². The van der Waals surface area contributed by atoms with Crippen LogP contribution in [0.4, 0.5) is 4.79 Å². The van der Waals surface area contributed by atoms with Crippen LogP contribution in [-0.4, -0.2) is 83.1 Å². The highest BCUT2D eigenvalue weighted by atomic mass is 16.5. The van der Waals surface area contributed by atoms with Crippen molar-refractivity contribution in [1.29, 1.82) is 0 Å². The predicted molar refractivity (Wildman–Crippen MR) is 99.5 cm³/mol. The van der Waals surface area contributed by atoms with E-state index in [1.807, 2.05) is 13.8 Å². The summed E-state index contributed by atoms with van der Waals surface area (Å²) in [5.41, 5.74) is -0.611. The first-order chi connectivity index (χ1) is 13.4. The lowest BCUT2D eigenvalue weighted by Gasteiger charge is -2.42. The highest BCUT2D eigenvalue weighted by Crippen LogP contribution is 2.38. The van der Waals surface area contributed by atoms with Crippen LogP contribution in [0.25, 0.3) is 0 Å². The van der Waals surface area contributed by atoms with Crippen molar-refractivity contribution in [2.24, 2.45) is 5.92 Å². The van der Waals surface area contributed by atoms with Crippen molar-refractivity contribution in [3.63, 3.8) is 0 Å². The molecule has 0 radical (unpaired) electrons. The van der Waals surface area contributed by atoms with E-state index in [0.717, 1.165) is 0 Å². The van der Waals surface area contributed by atoms with Crippen molar-refractivity contribution >= 4 is 17.8 Å². The number of hydrogen-bond donors (Lipinski definition) is 0. The van der Waals surface area contributed by atoms with Crippen molar-refractivity contribution in [1.82, 2.24) is 19.9 Å². The molecule has 2 aliphatic rings. The molecule has 1 aromatic rings. The summed E-state index contributed by atoms with van der Waals surface area (Å²) in [4.78, 5) is 43.6. The third-order valence-electron chi connectivity index (χ3n) is 5.43. The molecular weight excluding hydrogens is 364 g/mol. The molecule has 2 aliphatic heterocycles. The number of nitrogens with zero attached hydrogens (tertiary/aromatic N) is 4. The van der Waals surface area contributed by atoms with Gasteiger partial charge in [-0.15, -0.1) is 0 Å². The average molecular weight is 392 g/mol. The smallest absolute Gasteiger partial charge is 0.327 e. The second-order valence-corrected chi connectivity index (χ2v) is 7.80. The first kappa shape index (κ1) is 20.3. The molecule has 2 fully saturated rings. The molecule has 9 heteroatoms. The molecule has 1 aromatic heterocycles. The number of rotatable bonds is 7. The Bertz CT molecular complexity index is 710. The summed E-state index contributed by atoms with van der Waals surface area (Å²) in [5.74, 6) is -0.127. The van der Waals surface area contributed by atoms with Crippen molar-refractivity contribution < 1.29 is 23.6 Å². The summed E-state index contributed by atoms with van der Waals surface area (Å²) in [6.45, 7) is 6.21. The standard InChI is InChI=1S/C19H28N4O5/c1-14(2)13-23-18(26)22(8-4-11-27-3)17(25)19(23)6-9-21(10-7-19)16(24)15-5-12-28-20-15/h5,12,14H,4,6-11,13H2,1-3H3. The zero-order valence-corrected chi connectivity index (χ0v) is 16.7. The molecule has 28 heavy (non-hydrogen) atoms. The summed E-state index contributed by atoms with van der Waals surface area (Å²) in [6.07, 6.45) is 2.82. The van der Waals surface area contributed by atoms with E-state index in [0.29, 0.717) is 52.0 Å². The van der Waals surface area contributed by atoms with Crippen LogP contribution in [0.1, 0.15) is 43.6 Å². The number of imide groups is 1. The van der Waals surface area contributed by atoms with Crippen molar-refractivity contribution in [2.75, 3.05) is 39.9 Å². The number of hydrogen-bond acceptors (Lipinski definition) is 6. The lowest BCUT2D eigenvalue weighted by atomic mass is 9.85. The van der Waals surface area contributed by atoms with E-state index < -0.39 is 5.54 Å². The molecule has 3 rings (SSSR count). The molecule has 4 amide bonds. The number of carbonyl (C=O) groups excluding carboxylic acids is 3. The van der Waals surface area contributed by atoms with Crippen LogP contribution < -0.4 is 0 Å². The van der Waals surface area contributed by atoms with Gasteiger partial charge in [0.25, 0.3) is 11.8 Å². The summed E-state index contributed by atoms with van der Waals surface area (Å²) in [7, 11) is 1.60. The fourth-order valence-corrected chi connectivity index (χ4v) is 4.01. The third-order valence-corrected chi connectivity index (χ3v) is 5.43. The fourth-order valence-electron chi connectivity index (χ4n) is 4.01. The minimum absolute atomic E-state index is 0.150. The quantitative estimate of drug-likeness (QED) is 0.517. The van der Waals surface area contributed by atoms with Crippen molar-refractivity contribution in [2.45, 2.75) is 38.6 Å². The van der Waals surface area contributed by atoms with Crippen LogP contribution in [0.15, 0.2) is 16.9 Å². The lowest BCUT2D eigenvalue weighted by Crippen LogP contribution is -2.58. The molecule has 0 aliphatic carbocycles. The zero-order valence-electron chi connectivity index (χ0n) is 16.7. The number of ether oxygens (including phenoxy) is 1. The fraction of sp³-hybridized carbons (Fsp3) is 0.684. The van der Waals surface area contributed by atoms with Crippen LogP contribution in [0.3, 0.4) is 0 Å². The number of aromatic nitrogens is 1. The van der Waals surface area contributed by atoms with Gasteiger partial charge in [-0.3, -0.25) is 14.5 Å². The Kier molecular flexibility index (Phi) is 6.02. The van der Waals surface area contributed by atoms with Crippen LogP contribution in [-0.2, 0) is 9.53 Å². The molecule has 0 aromatic carbocycles. The third kappa shape index (κ3) is 3.63. The molecule has 0 saturated carbocycles. The first-order valence-electron chi connectivity index (χ1n) is 9.73. The maximum Gasteiger partial charge on any atom is 0.327 e. The zero-order chi connectivity index (χ0) is 20.3. The average Bonchev–Trinajstić information content (AvgIpc) is 3.27. The van der Waals surface area contributed by atoms with Gasteiger partial charge in [-0.25, -0.2) is 4.79 Å². The van der Waals surface area contributed by atoms with Gasteiger partial charge in [-0.2, -0.15) is 0 Å². The van der Waals surface area contributed by atoms with Crippen LogP contribution in [0.2, 0.25) is 0 Å². The van der Waals surface area contributed by atoms with E-state index in [9.17, 15) is 14.4 Å². The summed E-state index contributed by atoms with van der Waals surface area (Å²) in [5, 5.41) is 3.70. The molecule has 0 N–H and O–H groups in total. The van der Waals surface area contributed by atoms with E-state index in [2.05, 4.69) is 5.16 Å². The number of urea groups is 1.